The highest BCUT2D eigenvalue weighted by atomic mass is 16.2. The minimum atomic E-state index is -0.215. The molecule has 1 aliphatic rings. The van der Waals surface area contributed by atoms with Gasteiger partial charge >= 0.3 is 0 Å². The number of rotatable bonds is 2. The van der Waals surface area contributed by atoms with Crippen LogP contribution in [0.15, 0.2) is 30.5 Å². The van der Waals surface area contributed by atoms with Crippen LogP contribution in [0.3, 0.4) is 0 Å². The SMILES string of the molecule is O=C1CCC(Cc2ncc3ccccc3n2)C(=O)N1. The highest BCUT2D eigenvalue weighted by Gasteiger charge is 2.27. The Morgan fingerprint density at radius 1 is 1.26 bits per heavy atom. The molecule has 0 saturated carbocycles. The van der Waals surface area contributed by atoms with Gasteiger partial charge in [-0.05, 0) is 12.5 Å². The lowest BCUT2D eigenvalue weighted by molar-refractivity contribution is -0.136. The highest BCUT2D eigenvalue weighted by Crippen LogP contribution is 2.17. The van der Waals surface area contributed by atoms with E-state index in [1.165, 1.54) is 0 Å². The number of piperidine rings is 1. The maximum Gasteiger partial charge on any atom is 0.230 e. The Bertz CT molecular complexity index is 654. The van der Waals surface area contributed by atoms with E-state index in [1.54, 1.807) is 6.20 Å². The summed E-state index contributed by atoms with van der Waals surface area (Å²) in [6.45, 7) is 0. The molecule has 2 heterocycles. The Morgan fingerprint density at radius 3 is 2.95 bits per heavy atom. The van der Waals surface area contributed by atoms with Crippen molar-refractivity contribution >= 4 is 22.7 Å². The van der Waals surface area contributed by atoms with Crippen LogP contribution in [0.25, 0.3) is 10.9 Å². The standard InChI is InChI=1S/C14H13N3O2/c18-13-6-5-9(14(19)17-13)7-12-15-8-10-3-1-2-4-11(10)16-12/h1-4,8-9H,5-7H2,(H,17,18,19). The van der Waals surface area contributed by atoms with E-state index in [0.29, 0.717) is 25.1 Å². The summed E-state index contributed by atoms with van der Waals surface area (Å²) in [6, 6.07) is 7.73. The van der Waals surface area contributed by atoms with Crippen molar-refractivity contribution in [1.29, 1.82) is 0 Å². The fraction of sp³-hybridized carbons (Fsp3) is 0.286. The second kappa shape index (κ2) is 4.76. The Labute approximate surface area is 110 Å². The number of hydrogen-bond donors (Lipinski definition) is 1. The molecule has 5 heteroatoms. The molecule has 19 heavy (non-hydrogen) atoms. The van der Waals surface area contributed by atoms with Gasteiger partial charge in [0.15, 0.2) is 0 Å². The molecule has 96 valence electrons. The number of nitrogens with one attached hydrogen (secondary N) is 1. The van der Waals surface area contributed by atoms with Crippen molar-refractivity contribution in [3.8, 4) is 0 Å². The van der Waals surface area contributed by atoms with Crippen molar-refractivity contribution in [2.45, 2.75) is 19.3 Å². The molecule has 0 aliphatic carbocycles. The van der Waals surface area contributed by atoms with E-state index < -0.39 is 0 Å². The van der Waals surface area contributed by atoms with E-state index in [4.69, 9.17) is 0 Å². The molecule has 1 fully saturated rings. The normalized spacial score (nSPS) is 19.5. The minimum Gasteiger partial charge on any atom is -0.296 e. The summed E-state index contributed by atoms with van der Waals surface area (Å²) in [5.41, 5.74) is 0.875. The molecular weight excluding hydrogens is 242 g/mol. The molecule has 1 saturated heterocycles. The highest BCUT2D eigenvalue weighted by molar-refractivity contribution is 5.98. The van der Waals surface area contributed by atoms with Gasteiger partial charge in [-0.1, -0.05) is 18.2 Å². The van der Waals surface area contributed by atoms with E-state index in [9.17, 15) is 9.59 Å². The van der Waals surface area contributed by atoms with Crippen molar-refractivity contribution in [3.05, 3.63) is 36.3 Å². The summed E-state index contributed by atoms with van der Waals surface area (Å²) >= 11 is 0. The number of benzene rings is 1. The summed E-state index contributed by atoms with van der Waals surface area (Å²) in [4.78, 5) is 31.5. The molecule has 1 unspecified atom stereocenters. The van der Waals surface area contributed by atoms with Crippen LogP contribution in [-0.4, -0.2) is 21.8 Å². The molecule has 3 rings (SSSR count). The topological polar surface area (TPSA) is 72.0 Å². The number of carbonyl (C=O) groups is 2. The molecule has 1 atom stereocenters. The third-order valence-electron chi connectivity index (χ3n) is 3.32. The predicted molar refractivity (Wildman–Crippen MR) is 69.1 cm³/mol. The van der Waals surface area contributed by atoms with Crippen molar-refractivity contribution in [1.82, 2.24) is 15.3 Å². The van der Waals surface area contributed by atoms with E-state index in [0.717, 1.165) is 10.9 Å². The zero-order chi connectivity index (χ0) is 13.2. The monoisotopic (exact) mass is 255 g/mol. The number of aromatic nitrogens is 2. The predicted octanol–water partition coefficient (Wildman–Crippen LogP) is 1.23. The van der Waals surface area contributed by atoms with Crippen LogP contribution >= 0.6 is 0 Å². The third kappa shape index (κ3) is 2.45. The zero-order valence-corrected chi connectivity index (χ0v) is 10.3. The number of hydrogen-bond acceptors (Lipinski definition) is 4. The Balaban J connectivity index is 1.81. The largest absolute Gasteiger partial charge is 0.296 e. The summed E-state index contributed by atoms with van der Waals surface area (Å²) in [5, 5.41) is 3.33. The van der Waals surface area contributed by atoms with Crippen LogP contribution in [0.1, 0.15) is 18.7 Å². The van der Waals surface area contributed by atoms with Crippen molar-refractivity contribution in [3.63, 3.8) is 0 Å². The van der Waals surface area contributed by atoms with Crippen LogP contribution in [-0.2, 0) is 16.0 Å². The number of fused-ring (bicyclic) bond motifs is 1. The van der Waals surface area contributed by atoms with Gasteiger partial charge in [-0.2, -0.15) is 0 Å². The fourth-order valence-corrected chi connectivity index (χ4v) is 2.26. The van der Waals surface area contributed by atoms with Gasteiger partial charge in [0.25, 0.3) is 0 Å². The molecule has 1 aromatic heterocycles. The zero-order valence-electron chi connectivity index (χ0n) is 10.3. The van der Waals surface area contributed by atoms with E-state index in [2.05, 4.69) is 15.3 Å². The minimum absolute atomic E-state index is 0.194. The van der Waals surface area contributed by atoms with Crippen molar-refractivity contribution < 1.29 is 9.59 Å². The Morgan fingerprint density at radius 2 is 2.11 bits per heavy atom. The van der Waals surface area contributed by atoms with E-state index in [1.807, 2.05) is 24.3 Å². The Kier molecular flexibility index (Phi) is 2.95. The van der Waals surface area contributed by atoms with Crippen molar-refractivity contribution in [2.24, 2.45) is 5.92 Å². The number of imide groups is 1. The molecule has 5 nitrogen and oxygen atoms in total. The second-order valence-electron chi connectivity index (χ2n) is 4.70. The van der Waals surface area contributed by atoms with Gasteiger partial charge in [0.2, 0.25) is 11.8 Å². The van der Waals surface area contributed by atoms with Gasteiger partial charge < -0.3 is 0 Å². The second-order valence-corrected chi connectivity index (χ2v) is 4.70. The summed E-state index contributed by atoms with van der Waals surface area (Å²) in [5.74, 6) is 0.0285. The van der Waals surface area contributed by atoms with Gasteiger partial charge in [0, 0.05) is 30.3 Å². The first-order valence-corrected chi connectivity index (χ1v) is 6.27. The van der Waals surface area contributed by atoms with Crippen LogP contribution in [0.2, 0.25) is 0 Å². The van der Waals surface area contributed by atoms with Gasteiger partial charge in [-0.15, -0.1) is 0 Å². The number of para-hydroxylation sites is 1. The molecule has 0 spiro atoms. The van der Waals surface area contributed by atoms with Crippen LogP contribution in [0.4, 0.5) is 0 Å². The molecule has 1 N–H and O–H groups in total. The quantitative estimate of drug-likeness (QED) is 0.819. The summed E-state index contributed by atoms with van der Waals surface area (Å²) in [7, 11) is 0. The molecule has 1 aliphatic heterocycles. The van der Waals surface area contributed by atoms with Gasteiger partial charge in [0.1, 0.15) is 5.82 Å². The van der Waals surface area contributed by atoms with E-state index >= 15 is 0 Å². The maximum absolute atomic E-state index is 11.7. The lowest BCUT2D eigenvalue weighted by atomic mass is 9.94. The van der Waals surface area contributed by atoms with Gasteiger partial charge in [-0.3, -0.25) is 14.9 Å². The van der Waals surface area contributed by atoms with Crippen molar-refractivity contribution in [2.75, 3.05) is 0 Å². The summed E-state index contributed by atoms with van der Waals surface area (Å²) < 4.78 is 0. The first-order chi connectivity index (χ1) is 9.22. The smallest absolute Gasteiger partial charge is 0.230 e. The molecule has 0 bridgehead atoms. The third-order valence-corrected chi connectivity index (χ3v) is 3.32. The van der Waals surface area contributed by atoms with Crippen LogP contribution in [0, 0.1) is 5.92 Å². The lowest BCUT2D eigenvalue weighted by Crippen LogP contribution is -2.41. The average Bonchev–Trinajstić information content (AvgIpc) is 2.42. The number of nitrogens with zero attached hydrogens (tertiary/aromatic N) is 2. The van der Waals surface area contributed by atoms with Gasteiger partial charge in [-0.25, -0.2) is 9.97 Å². The molecule has 2 aromatic rings. The first kappa shape index (κ1) is 11.8. The first-order valence-electron chi connectivity index (χ1n) is 6.27. The number of carbonyl (C=O) groups excluding carboxylic acids is 2. The fourth-order valence-electron chi connectivity index (χ4n) is 2.26. The molecule has 2 amide bonds. The summed E-state index contributed by atoms with van der Waals surface area (Å²) in [6.07, 6.45) is 3.21. The Hall–Kier alpha value is -2.30. The molecule has 1 aromatic carbocycles. The molecule has 0 radical (unpaired) electrons. The average molecular weight is 255 g/mol. The van der Waals surface area contributed by atoms with Crippen LogP contribution < -0.4 is 5.32 Å². The lowest BCUT2D eigenvalue weighted by Gasteiger charge is -2.19. The molecular formula is C14H13N3O2. The maximum atomic E-state index is 11.7. The number of amides is 2. The van der Waals surface area contributed by atoms with E-state index in [-0.39, 0.29) is 17.7 Å². The van der Waals surface area contributed by atoms with Gasteiger partial charge in [0.05, 0.1) is 5.52 Å². The van der Waals surface area contributed by atoms with Crippen LogP contribution in [0.5, 0.6) is 0 Å².